The Kier molecular flexibility index (Phi) is 5.70. The van der Waals surface area contributed by atoms with Gasteiger partial charge in [0.1, 0.15) is 12.3 Å². The quantitative estimate of drug-likeness (QED) is 0.331. The number of para-hydroxylation sites is 2. The molecule has 168 valence electrons. The molecule has 0 aliphatic rings. The first-order valence-corrected chi connectivity index (χ1v) is 10.6. The number of ether oxygens (including phenoxy) is 2. The SMILES string of the molecule is COC(=O)c1ccccc1-c1nc(-c2ccc(COc3nc4ccccc4nc3C)cc2)no1. The van der Waals surface area contributed by atoms with Crippen LogP contribution in [0.3, 0.4) is 0 Å². The van der Waals surface area contributed by atoms with Gasteiger partial charge in [0.05, 0.1) is 29.3 Å². The molecule has 0 spiro atoms. The summed E-state index contributed by atoms with van der Waals surface area (Å²) in [6.07, 6.45) is 0. The van der Waals surface area contributed by atoms with Crippen LogP contribution in [0.15, 0.2) is 77.3 Å². The Morgan fingerprint density at radius 2 is 1.59 bits per heavy atom. The summed E-state index contributed by atoms with van der Waals surface area (Å²) in [5, 5.41) is 4.07. The van der Waals surface area contributed by atoms with Crippen LogP contribution in [0, 0.1) is 6.92 Å². The Morgan fingerprint density at radius 1 is 0.882 bits per heavy atom. The van der Waals surface area contributed by atoms with Gasteiger partial charge in [0.15, 0.2) is 0 Å². The van der Waals surface area contributed by atoms with E-state index in [1.165, 1.54) is 7.11 Å². The molecule has 0 N–H and O–H groups in total. The number of hydrogen-bond donors (Lipinski definition) is 0. The molecule has 2 aromatic heterocycles. The van der Waals surface area contributed by atoms with Crippen molar-refractivity contribution in [2.45, 2.75) is 13.5 Å². The van der Waals surface area contributed by atoms with Crippen molar-refractivity contribution in [3.05, 3.63) is 89.6 Å². The molecule has 8 heteroatoms. The summed E-state index contributed by atoms with van der Waals surface area (Å²) in [7, 11) is 1.33. The van der Waals surface area contributed by atoms with Crippen LogP contribution >= 0.6 is 0 Å². The van der Waals surface area contributed by atoms with Crippen molar-refractivity contribution in [2.24, 2.45) is 0 Å². The van der Waals surface area contributed by atoms with E-state index in [2.05, 4.69) is 20.1 Å². The number of carbonyl (C=O) groups excluding carboxylic acids is 1. The van der Waals surface area contributed by atoms with E-state index in [1.807, 2.05) is 55.5 Å². The average Bonchev–Trinajstić information content (AvgIpc) is 3.37. The molecule has 0 aliphatic carbocycles. The Hall–Kier alpha value is -4.59. The summed E-state index contributed by atoms with van der Waals surface area (Å²) < 4.78 is 16.2. The van der Waals surface area contributed by atoms with Gasteiger partial charge in [-0.15, -0.1) is 0 Å². The molecule has 0 aliphatic heterocycles. The topological polar surface area (TPSA) is 100 Å². The van der Waals surface area contributed by atoms with Gasteiger partial charge in [0, 0.05) is 5.56 Å². The number of aryl methyl sites for hydroxylation is 1. The predicted octanol–water partition coefficient (Wildman–Crippen LogP) is 5.02. The lowest BCUT2D eigenvalue weighted by Crippen LogP contribution is -2.03. The van der Waals surface area contributed by atoms with Gasteiger partial charge in [-0.2, -0.15) is 4.98 Å². The molecule has 0 unspecified atom stereocenters. The van der Waals surface area contributed by atoms with Gasteiger partial charge in [0.2, 0.25) is 11.7 Å². The molecule has 0 saturated carbocycles. The molecule has 5 rings (SSSR count). The number of rotatable bonds is 6. The monoisotopic (exact) mass is 452 g/mol. The fourth-order valence-corrected chi connectivity index (χ4v) is 3.52. The number of benzene rings is 3. The number of fused-ring (bicyclic) bond motifs is 1. The highest BCUT2D eigenvalue weighted by molar-refractivity contribution is 5.96. The normalized spacial score (nSPS) is 10.9. The molecule has 0 atom stereocenters. The van der Waals surface area contributed by atoms with Crippen molar-refractivity contribution in [3.8, 4) is 28.7 Å². The predicted molar refractivity (Wildman–Crippen MR) is 125 cm³/mol. The first kappa shape index (κ1) is 21.3. The van der Waals surface area contributed by atoms with Crippen molar-refractivity contribution in [2.75, 3.05) is 7.11 Å². The second-order valence-electron chi connectivity index (χ2n) is 7.55. The van der Waals surface area contributed by atoms with Crippen molar-refractivity contribution in [1.82, 2.24) is 20.1 Å². The second-order valence-corrected chi connectivity index (χ2v) is 7.55. The van der Waals surface area contributed by atoms with Crippen molar-refractivity contribution >= 4 is 17.0 Å². The lowest BCUT2D eigenvalue weighted by atomic mass is 10.1. The Balaban J connectivity index is 1.32. The maximum absolute atomic E-state index is 12.0. The molecule has 34 heavy (non-hydrogen) atoms. The fraction of sp³-hybridized carbons (Fsp3) is 0.115. The van der Waals surface area contributed by atoms with Crippen LogP contribution in [-0.2, 0) is 11.3 Å². The number of aromatic nitrogens is 4. The molecular formula is C26H20N4O4. The Labute approximate surface area is 195 Å². The summed E-state index contributed by atoms with van der Waals surface area (Å²) in [5.41, 5.74) is 4.98. The molecular weight excluding hydrogens is 432 g/mol. The minimum Gasteiger partial charge on any atom is -0.471 e. The third-order valence-corrected chi connectivity index (χ3v) is 5.28. The van der Waals surface area contributed by atoms with E-state index in [9.17, 15) is 4.79 Å². The highest BCUT2D eigenvalue weighted by atomic mass is 16.5. The van der Waals surface area contributed by atoms with Gasteiger partial charge in [-0.05, 0) is 36.8 Å². The van der Waals surface area contributed by atoms with Crippen molar-refractivity contribution in [3.63, 3.8) is 0 Å². The largest absolute Gasteiger partial charge is 0.471 e. The molecule has 2 heterocycles. The molecule has 0 saturated heterocycles. The van der Waals surface area contributed by atoms with Gasteiger partial charge in [-0.1, -0.05) is 53.7 Å². The number of methoxy groups -OCH3 is 1. The number of esters is 1. The zero-order valence-electron chi connectivity index (χ0n) is 18.6. The van der Waals surface area contributed by atoms with Crippen LogP contribution in [0.4, 0.5) is 0 Å². The summed E-state index contributed by atoms with van der Waals surface area (Å²) in [5.74, 6) is 0.702. The molecule has 5 aromatic rings. The smallest absolute Gasteiger partial charge is 0.338 e. The van der Waals surface area contributed by atoms with Crippen molar-refractivity contribution < 1.29 is 18.8 Å². The summed E-state index contributed by atoms with van der Waals surface area (Å²) in [6, 6.07) is 22.3. The van der Waals surface area contributed by atoms with E-state index >= 15 is 0 Å². The van der Waals surface area contributed by atoms with E-state index in [1.54, 1.807) is 24.3 Å². The number of carbonyl (C=O) groups is 1. The van der Waals surface area contributed by atoms with E-state index in [0.29, 0.717) is 29.4 Å². The summed E-state index contributed by atoms with van der Waals surface area (Å²) in [4.78, 5) is 25.6. The molecule has 3 aromatic carbocycles. The van der Waals surface area contributed by atoms with Crippen LogP contribution in [-0.4, -0.2) is 33.2 Å². The van der Waals surface area contributed by atoms with Gasteiger partial charge < -0.3 is 14.0 Å². The Morgan fingerprint density at radius 3 is 2.35 bits per heavy atom. The zero-order valence-corrected chi connectivity index (χ0v) is 18.6. The summed E-state index contributed by atoms with van der Waals surface area (Å²) in [6.45, 7) is 2.22. The van der Waals surface area contributed by atoms with Crippen molar-refractivity contribution in [1.29, 1.82) is 0 Å². The second kappa shape index (κ2) is 9.11. The van der Waals surface area contributed by atoms with Gasteiger partial charge in [-0.25, -0.2) is 14.8 Å². The number of nitrogens with zero attached hydrogens (tertiary/aromatic N) is 4. The highest BCUT2D eigenvalue weighted by Gasteiger charge is 2.18. The molecule has 8 nitrogen and oxygen atoms in total. The third kappa shape index (κ3) is 4.21. The van der Waals surface area contributed by atoms with E-state index in [-0.39, 0.29) is 5.89 Å². The first-order valence-electron chi connectivity index (χ1n) is 10.6. The molecule has 0 fully saturated rings. The van der Waals surface area contributed by atoms with Crippen LogP contribution < -0.4 is 4.74 Å². The van der Waals surface area contributed by atoms with Gasteiger partial charge in [-0.3, -0.25) is 0 Å². The Bertz CT molecular complexity index is 1480. The minimum absolute atomic E-state index is 0.244. The minimum atomic E-state index is -0.467. The standard InChI is InChI=1S/C26H20N4O4/c1-16-24(28-22-10-6-5-9-21(22)27-16)33-15-17-11-13-18(14-12-17)23-29-25(34-30-23)19-7-3-4-8-20(19)26(31)32-2/h3-14H,15H2,1-2H3. The fourth-order valence-electron chi connectivity index (χ4n) is 3.52. The van der Waals surface area contributed by atoms with Crippen LogP contribution in [0.25, 0.3) is 33.9 Å². The molecule has 0 amide bonds. The summed E-state index contributed by atoms with van der Waals surface area (Å²) >= 11 is 0. The third-order valence-electron chi connectivity index (χ3n) is 5.28. The lowest BCUT2D eigenvalue weighted by molar-refractivity contribution is 0.0601. The maximum atomic E-state index is 12.0. The number of hydrogen-bond acceptors (Lipinski definition) is 8. The van der Waals surface area contributed by atoms with Crippen LogP contribution in [0.1, 0.15) is 21.6 Å². The lowest BCUT2D eigenvalue weighted by Gasteiger charge is -2.09. The van der Waals surface area contributed by atoms with Crippen LogP contribution in [0.2, 0.25) is 0 Å². The van der Waals surface area contributed by atoms with E-state index in [4.69, 9.17) is 14.0 Å². The molecule has 0 bridgehead atoms. The van der Waals surface area contributed by atoms with Crippen LogP contribution in [0.5, 0.6) is 5.88 Å². The van der Waals surface area contributed by atoms with Gasteiger partial charge in [0.25, 0.3) is 5.89 Å². The highest BCUT2D eigenvalue weighted by Crippen LogP contribution is 2.26. The van der Waals surface area contributed by atoms with E-state index < -0.39 is 5.97 Å². The maximum Gasteiger partial charge on any atom is 0.338 e. The van der Waals surface area contributed by atoms with E-state index in [0.717, 1.165) is 27.9 Å². The zero-order chi connectivity index (χ0) is 23.5. The average molecular weight is 452 g/mol. The molecule has 0 radical (unpaired) electrons. The van der Waals surface area contributed by atoms with Gasteiger partial charge >= 0.3 is 5.97 Å². The first-order chi connectivity index (χ1) is 16.6.